The average Bonchev–Trinajstić information content (AvgIpc) is 3.09. The van der Waals surface area contributed by atoms with Gasteiger partial charge in [-0.15, -0.1) is 9.45 Å². The van der Waals surface area contributed by atoms with Crippen LogP contribution >= 0.6 is 12.0 Å². The summed E-state index contributed by atoms with van der Waals surface area (Å²) in [4.78, 5) is 29.2. The molecule has 2 amide bonds. The molecular weight excluding hydrogens is 629 g/mol. The molecule has 0 fully saturated rings. The third-order valence-electron chi connectivity index (χ3n) is 8.38. The van der Waals surface area contributed by atoms with E-state index in [1.807, 2.05) is 0 Å². The number of hydrogen-bond acceptors (Lipinski definition) is 9. The molecule has 0 bridgehead atoms. The van der Waals surface area contributed by atoms with Crippen molar-refractivity contribution in [2.75, 3.05) is 11.9 Å². The van der Waals surface area contributed by atoms with Gasteiger partial charge in [0.25, 0.3) is 0 Å². The zero-order valence-corrected chi connectivity index (χ0v) is 30.4. The minimum Gasteiger partial charge on any atom is -0.356 e. The fourth-order valence-corrected chi connectivity index (χ4v) is 5.40. The van der Waals surface area contributed by atoms with Crippen molar-refractivity contribution < 1.29 is 24.2 Å². The highest BCUT2D eigenvalue weighted by atomic mass is 32.2. The summed E-state index contributed by atoms with van der Waals surface area (Å²) in [6.07, 6.45) is 18.8. The maximum atomic E-state index is 12.5. The Balaban J connectivity index is 2.30. The third-order valence-corrected chi connectivity index (χ3v) is 8.97. The molecule has 0 heterocycles. The lowest BCUT2D eigenvalue weighted by molar-refractivity contribution is -0.432. The Bertz CT molecular complexity index is 1160. The first kappa shape index (κ1) is 43.0. The highest BCUT2D eigenvalue weighted by molar-refractivity contribution is 7.94. The maximum absolute atomic E-state index is 12.5. The normalized spacial score (nSPS) is 14.4. The first-order chi connectivity index (χ1) is 23.1. The Labute approximate surface area is 292 Å². The number of azo groups is 1. The zero-order chi connectivity index (χ0) is 35.5. The molecule has 1 aromatic carbocycles. The first-order valence-corrected chi connectivity index (χ1v) is 18.4. The molecule has 0 aliphatic carbocycles. The molecule has 48 heavy (non-hydrogen) atoms. The van der Waals surface area contributed by atoms with Gasteiger partial charge >= 0.3 is 5.66 Å². The van der Waals surface area contributed by atoms with Gasteiger partial charge in [-0.2, -0.15) is 10.4 Å². The predicted molar refractivity (Wildman–Crippen MR) is 191 cm³/mol. The number of benzene rings is 1. The lowest BCUT2D eigenvalue weighted by Crippen LogP contribution is -2.31. The number of carbonyl (C=O) groups excluding carboxylic acids is 2. The van der Waals surface area contributed by atoms with Crippen molar-refractivity contribution in [2.24, 2.45) is 16.1 Å². The van der Waals surface area contributed by atoms with E-state index < -0.39 is 11.2 Å². The molecule has 268 valence electrons. The molecule has 1 aromatic rings. The van der Waals surface area contributed by atoms with Crippen molar-refractivity contribution in [1.29, 1.82) is 5.26 Å². The van der Waals surface area contributed by atoms with Gasteiger partial charge < -0.3 is 10.6 Å². The number of rotatable bonds is 28. The van der Waals surface area contributed by atoms with Crippen LogP contribution in [0.4, 0.5) is 5.69 Å². The van der Waals surface area contributed by atoms with E-state index in [-0.39, 0.29) is 37.5 Å². The molecule has 1 rings (SSSR count). The number of nitrogens with one attached hydrogen (secondary N) is 2. The molecule has 0 spiro atoms. The van der Waals surface area contributed by atoms with Crippen LogP contribution in [0.25, 0.3) is 4.85 Å². The third kappa shape index (κ3) is 21.0. The van der Waals surface area contributed by atoms with E-state index in [0.717, 1.165) is 18.5 Å². The van der Waals surface area contributed by atoms with Crippen LogP contribution in [0.2, 0.25) is 0 Å². The van der Waals surface area contributed by atoms with Gasteiger partial charge in [-0.25, -0.2) is 11.8 Å². The minimum absolute atomic E-state index is 0.0129. The van der Waals surface area contributed by atoms with Crippen molar-refractivity contribution in [3.63, 3.8) is 0 Å². The molecule has 11 nitrogen and oxygen atoms in total. The van der Waals surface area contributed by atoms with E-state index >= 15 is 0 Å². The summed E-state index contributed by atoms with van der Waals surface area (Å²) in [6, 6.07) is 8.77. The second-order valence-corrected chi connectivity index (χ2v) is 13.9. The summed E-state index contributed by atoms with van der Waals surface area (Å²) in [6.45, 7) is 15.8. The minimum atomic E-state index is -1.33. The van der Waals surface area contributed by atoms with Gasteiger partial charge in [0.2, 0.25) is 11.8 Å². The topological polar surface area (TPSA) is 150 Å². The van der Waals surface area contributed by atoms with E-state index in [1.54, 1.807) is 38.1 Å². The lowest BCUT2D eigenvalue weighted by Gasteiger charge is -2.18. The van der Waals surface area contributed by atoms with E-state index in [1.165, 1.54) is 83.5 Å². The van der Waals surface area contributed by atoms with E-state index in [9.17, 15) is 14.9 Å². The largest absolute Gasteiger partial charge is 0.356 e. The van der Waals surface area contributed by atoms with Crippen molar-refractivity contribution in [2.45, 2.75) is 159 Å². The molecule has 3 atom stereocenters. The molecular formula is C36H58N6O5S. The quantitative estimate of drug-likeness (QED) is 0.0198. The van der Waals surface area contributed by atoms with Crippen molar-refractivity contribution in [3.05, 3.63) is 35.7 Å². The smallest absolute Gasteiger partial charge is 0.338 e. The van der Waals surface area contributed by atoms with Crippen LogP contribution in [-0.2, 0) is 19.0 Å². The van der Waals surface area contributed by atoms with Crippen LogP contribution in [-0.4, -0.2) is 34.8 Å². The molecule has 0 radical (unpaired) electrons. The SMILES string of the molecule is [C-]#[N+]C(C)(CCC(=O)Nc1ccc(SOOO)cc1)N=NC(C)(C#N)CCC(=O)NCC(C)CCCCCCCCCCCCCCC. The van der Waals surface area contributed by atoms with Crippen LogP contribution in [0.5, 0.6) is 0 Å². The maximum Gasteiger partial charge on any atom is 0.338 e. The lowest BCUT2D eigenvalue weighted by atomic mass is 9.98. The van der Waals surface area contributed by atoms with E-state index in [0.29, 0.717) is 23.0 Å². The summed E-state index contributed by atoms with van der Waals surface area (Å²) in [5.74, 6) is -0.0481. The highest BCUT2D eigenvalue weighted by Crippen LogP contribution is 2.26. The molecule has 0 aliphatic rings. The second kappa shape index (κ2) is 25.9. The fraction of sp³-hybridized carbons (Fsp3) is 0.722. The van der Waals surface area contributed by atoms with Gasteiger partial charge in [-0.3, -0.25) is 14.4 Å². The number of carbonyl (C=O) groups is 2. The number of nitriles is 1. The summed E-state index contributed by atoms with van der Waals surface area (Å²) >= 11 is 0.803. The van der Waals surface area contributed by atoms with Crippen molar-refractivity contribution in [3.8, 4) is 6.07 Å². The first-order valence-electron chi connectivity index (χ1n) is 17.6. The monoisotopic (exact) mass is 686 g/mol. The molecule has 0 saturated heterocycles. The molecule has 0 saturated carbocycles. The fourth-order valence-electron chi connectivity index (χ4n) is 5.04. The Morgan fingerprint density at radius 3 is 2.04 bits per heavy atom. The summed E-state index contributed by atoms with van der Waals surface area (Å²) in [5.41, 5.74) is -2.05. The molecule has 3 N–H and O–H groups in total. The summed E-state index contributed by atoms with van der Waals surface area (Å²) < 4.78 is 4.36. The van der Waals surface area contributed by atoms with Gasteiger partial charge in [0, 0.05) is 36.9 Å². The van der Waals surface area contributed by atoms with E-state index in [4.69, 9.17) is 11.8 Å². The van der Waals surface area contributed by atoms with Crippen LogP contribution in [0.15, 0.2) is 39.4 Å². The van der Waals surface area contributed by atoms with Gasteiger partial charge in [0.1, 0.15) is 0 Å². The summed E-state index contributed by atoms with van der Waals surface area (Å²) in [5, 5.41) is 35.6. The highest BCUT2D eigenvalue weighted by Gasteiger charge is 2.33. The van der Waals surface area contributed by atoms with Gasteiger partial charge in [0.15, 0.2) is 5.54 Å². The second-order valence-electron chi connectivity index (χ2n) is 13.2. The van der Waals surface area contributed by atoms with Crippen LogP contribution in [0, 0.1) is 23.8 Å². The standard InChI is InChI=1S/C36H58N6O5S/c1-6-7-8-9-10-11-12-13-14-15-16-17-18-19-30(2)28-39-33(43)24-26-35(3,29-37)41-42-36(4,38-5)27-25-34(44)40-31-20-22-32(23-21-31)48-47-46-45/h20-23,30,45H,6-19,24-28H2,1-4H3,(H,39,43)(H,40,44). The van der Waals surface area contributed by atoms with E-state index in [2.05, 4.69) is 55.0 Å². The molecule has 12 heteroatoms. The molecule has 0 aliphatic heterocycles. The van der Waals surface area contributed by atoms with Crippen LogP contribution < -0.4 is 10.6 Å². The van der Waals surface area contributed by atoms with Crippen molar-refractivity contribution in [1.82, 2.24) is 5.32 Å². The average molecular weight is 687 g/mol. The number of anilines is 1. The Morgan fingerprint density at radius 2 is 1.50 bits per heavy atom. The molecule has 3 unspecified atom stereocenters. The Morgan fingerprint density at radius 1 is 0.938 bits per heavy atom. The van der Waals surface area contributed by atoms with Crippen LogP contribution in [0.1, 0.15) is 143 Å². The summed E-state index contributed by atoms with van der Waals surface area (Å²) in [7, 11) is 0. The van der Waals surface area contributed by atoms with Crippen molar-refractivity contribution >= 4 is 29.5 Å². The zero-order valence-electron chi connectivity index (χ0n) is 29.6. The Hall–Kier alpha value is -3.03. The van der Waals surface area contributed by atoms with Gasteiger partial charge in [0.05, 0.1) is 24.5 Å². The van der Waals surface area contributed by atoms with Gasteiger partial charge in [-0.1, -0.05) is 102 Å². The predicted octanol–water partition coefficient (Wildman–Crippen LogP) is 10.2. The number of amides is 2. The Kier molecular flexibility index (Phi) is 23.2. The number of unbranched alkanes of at least 4 members (excludes halogenated alkanes) is 12. The molecule has 0 aromatic heterocycles. The van der Waals surface area contributed by atoms with Gasteiger partial charge in [-0.05, 0) is 49.9 Å². The number of nitrogens with zero attached hydrogens (tertiary/aromatic N) is 4. The van der Waals surface area contributed by atoms with Crippen LogP contribution in [0.3, 0.4) is 0 Å². The number of hydrogen-bond donors (Lipinski definition) is 3.